The highest BCUT2D eigenvalue weighted by molar-refractivity contribution is 7.88. The molecule has 1 aliphatic rings. The zero-order valence-electron chi connectivity index (χ0n) is 11.2. The number of ether oxygens (including phenoxy) is 2. The summed E-state index contributed by atoms with van der Waals surface area (Å²) in [6, 6.07) is 9.44. The summed E-state index contributed by atoms with van der Waals surface area (Å²) in [6.07, 6.45) is 0.646. The first kappa shape index (κ1) is 14.3. The average Bonchev–Trinajstić information content (AvgIpc) is 2.44. The second-order valence-corrected chi connectivity index (χ2v) is 5.63. The Labute approximate surface area is 117 Å². The Hall–Kier alpha value is -2.09. The van der Waals surface area contributed by atoms with Gasteiger partial charge in [0.1, 0.15) is 0 Å². The molecule has 1 aromatic carbocycles. The molecule has 0 saturated heterocycles. The van der Waals surface area contributed by atoms with Crippen LogP contribution in [0, 0.1) is 0 Å². The smallest absolute Gasteiger partial charge is 0.352 e. The predicted octanol–water partition coefficient (Wildman–Crippen LogP) is 0.794. The van der Waals surface area contributed by atoms with Crippen molar-refractivity contribution in [3.63, 3.8) is 0 Å². The van der Waals surface area contributed by atoms with Gasteiger partial charge in [-0.25, -0.2) is 4.31 Å². The van der Waals surface area contributed by atoms with E-state index >= 15 is 0 Å². The summed E-state index contributed by atoms with van der Waals surface area (Å²) >= 11 is 0. The van der Waals surface area contributed by atoms with Gasteiger partial charge in [0.05, 0.1) is 13.7 Å². The molecular weight excluding hydrogens is 282 g/mol. The van der Waals surface area contributed by atoms with E-state index in [0.717, 1.165) is 9.87 Å². The van der Waals surface area contributed by atoms with Crippen LogP contribution in [0.5, 0.6) is 0 Å². The van der Waals surface area contributed by atoms with E-state index in [1.165, 1.54) is 14.2 Å². The number of hydrogen-bond acceptors (Lipinski definition) is 5. The maximum atomic E-state index is 11.7. The molecule has 0 aromatic heterocycles. The summed E-state index contributed by atoms with van der Waals surface area (Å²) in [5.41, 5.74) is 1.09. The van der Waals surface area contributed by atoms with Crippen LogP contribution in [0.4, 0.5) is 0 Å². The molecule has 1 aliphatic heterocycles. The molecule has 0 N–H and O–H groups in total. The standard InChI is InChI=1S/C12H15N3O4S/c1-15-12(13-11(18-2)14-20(15,16)17)19-9-8-10-6-4-3-5-7-10/h3-7H,8-9H2,1-2H3. The molecule has 0 radical (unpaired) electrons. The van der Waals surface area contributed by atoms with Crippen LogP contribution in [-0.2, 0) is 26.1 Å². The minimum atomic E-state index is -3.83. The first-order valence-electron chi connectivity index (χ1n) is 5.91. The van der Waals surface area contributed by atoms with Gasteiger partial charge in [-0.3, -0.25) is 0 Å². The van der Waals surface area contributed by atoms with Crippen molar-refractivity contribution in [2.24, 2.45) is 9.39 Å². The van der Waals surface area contributed by atoms with Gasteiger partial charge in [-0.15, -0.1) is 4.99 Å². The van der Waals surface area contributed by atoms with Crippen LogP contribution in [0.2, 0.25) is 0 Å². The largest absolute Gasteiger partial charge is 0.466 e. The molecule has 20 heavy (non-hydrogen) atoms. The van der Waals surface area contributed by atoms with E-state index in [4.69, 9.17) is 9.47 Å². The third kappa shape index (κ3) is 3.27. The van der Waals surface area contributed by atoms with Gasteiger partial charge in [-0.1, -0.05) is 34.7 Å². The minimum Gasteiger partial charge on any atom is -0.466 e. The summed E-state index contributed by atoms with van der Waals surface area (Å²) in [4.78, 5) is 3.88. The van der Waals surface area contributed by atoms with Crippen LogP contribution in [-0.4, -0.2) is 45.5 Å². The molecule has 8 heteroatoms. The highest BCUT2D eigenvalue weighted by Gasteiger charge is 2.28. The summed E-state index contributed by atoms with van der Waals surface area (Å²) in [5.74, 6) is 0. The molecule has 0 atom stereocenters. The Morgan fingerprint density at radius 1 is 1.25 bits per heavy atom. The van der Waals surface area contributed by atoms with Gasteiger partial charge in [0.25, 0.3) is 0 Å². The summed E-state index contributed by atoms with van der Waals surface area (Å²) in [5, 5.41) is 0. The van der Waals surface area contributed by atoms with Crippen molar-refractivity contribution in [1.82, 2.24) is 4.31 Å². The van der Waals surface area contributed by atoms with Gasteiger partial charge < -0.3 is 9.47 Å². The molecular formula is C12H15N3O4S. The molecule has 0 saturated carbocycles. The molecule has 1 aromatic rings. The Balaban J connectivity index is 2.02. The maximum absolute atomic E-state index is 11.7. The van der Waals surface area contributed by atoms with Gasteiger partial charge in [0.15, 0.2) is 0 Å². The quantitative estimate of drug-likeness (QED) is 0.826. The first-order valence-corrected chi connectivity index (χ1v) is 7.31. The number of amidine groups is 2. The number of aliphatic imine (C=N–C) groups is 1. The fourth-order valence-electron chi connectivity index (χ4n) is 1.54. The van der Waals surface area contributed by atoms with Crippen LogP contribution in [0.15, 0.2) is 39.7 Å². The lowest BCUT2D eigenvalue weighted by atomic mass is 10.2. The van der Waals surface area contributed by atoms with Crippen LogP contribution in [0.25, 0.3) is 0 Å². The average molecular weight is 297 g/mol. The molecule has 0 spiro atoms. The van der Waals surface area contributed by atoms with Gasteiger partial charge in [-0.05, 0) is 5.56 Å². The lowest BCUT2D eigenvalue weighted by Gasteiger charge is -2.21. The first-order chi connectivity index (χ1) is 9.53. The number of nitrogens with zero attached hydrogens (tertiary/aromatic N) is 3. The van der Waals surface area contributed by atoms with Gasteiger partial charge in [0.2, 0.25) is 0 Å². The number of benzene rings is 1. The van der Waals surface area contributed by atoms with E-state index in [0.29, 0.717) is 13.0 Å². The molecule has 1 heterocycles. The lowest BCUT2D eigenvalue weighted by Crippen LogP contribution is -2.38. The topological polar surface area (TPSA) is 80.6 Å². The van der Waals surface area contributed by atoms with E-state index in [1.54, 1.807) is 0 Å². The van der Waals surface area contributed by atoms with E-state index < -0.39 is 10.2 Å². The van der Waals surface area contributed by atoms with Gasteiger partial charge in [0, 0.05) is 13.5 Å². The third-order valence-electron chi connectivity index (χ3n) is 2.65. The summed E-state index contributed by atoms with van der Waals surface area (Å²) in [6.45, 7) is 0.305. The van der Waals surface area contributed by atoms with Crippen molar-refractivity contribution >= 4 is 22.3 Å². The zero-order chi connectivity index (χ0) is 14.6. The monoisotopic (exact) mass is 297 g/mol. The molecule has 0 unspecified atom stereocenters. The van der Waals surface area contributed by atoms with E-state index in [1.807, 2.05) is 30.3 Å². The number of methoxy groups -OCH3 is 1. The van der Waals surface area contributed by atoms with Crippen LogP contribution < -0.4 is 0 Å². The molecule has 2 rings (SSSR count). The Kier molecular flexibility index (Phi) is 4.23. The Morgan fingerprint density at radius 3 is 2.60 bits per heavy atom. The maximum Gasteiger partial charge on any atom is 0.352 e. The fourth-order valence-corrected chi connectivity index (χ4v) is 2.27. The van der Waals surface area contributed by atoms with Gasteiger partial charge >= 0.3 is 22.3 Å². The molecule has 0 aliphatic carbocycles. The van der Waals surface area contributed by atoms with E-state index in [9.17, 15) is 8.42 Å². The normalized spacial score (nSPS) is 17.2. The predicted molar refractivity (Wildman–Crippen MR) is 74.7 cm³/mol. The van der Waals surface area contributed by atoms with E-state index in [-0.39, 0.29) is 12.0 Å². The van der Waals surface area contributed by atoms with Crippen molar-refractivity contribution in [1.29, 1.82) is 0 Å². The highest BCUT2D eigenvalue weighted by atomic mass is 32.2. The number of rotatable bonds is 3. The Morgan fingerprint density at radius 2 is 1.95 bits per heavy atom. The van der Waals surface area contributed by atoms with Crippen molar-refractivity contribution < 1.29 is 17.9 Å². The number of hydrogen-bond donors (Lipinski definition) is 0. The highest BCUT2D eigenvalue weighted by Crippen LogP contribution is 2.11. The SMILES string of the molecule is COC1=NS(=O)(=O)N(C)C(OCCc2ccccc2)=N1. The van der Waals surface area contributed by atoms with Crippen LogP contribution >= 0.6 is 0 Å². The molecule has 7 nitrogen and oxygen atoms in total. The van der Waals surface area contributed by atoms with E-state index in [2.05, 4.69) is 9.39 Å². The molecule has 108 valence electrons. The Bertz CT molecular complexity index is 625. The van der Waals surface area contributed by atoms with Crippen molar-refractivity contribution in [3.8, 4) is 0 Å². The van der Waals surface area contributed by atoms with Crippen LogP contribution in [0.1, 0.15) is 5.56 Å². The molecule has 0 amide bonds. The van der Waals surface area contributed by atoms with Crippen molar-refractivity contribution in [2.45, 2.75) is 6.42 Å². The van der Waals surface area contributed by atoms with Crippen molar-refractivity contribution in [2.75, 3.05) is 20.8 Å². The summed E-state index contributed by atoms with van der Waals surface area (Å²) in [7, 11) is -1.20. The lowest BCUT2D eigenvalue weighted by molar-refractivity contribution is 0.273. The summed E-state index contributed by atoms with van der Waals surface area (Å²) < 4.78 is 37.8. The minimum absolute atomic E-state index is 0.0484. The second kappa shape index (κ2) is 5.91. The molecule has 0 fully saturated rings. The van der Waals surface area contributed by atoms with Crippen molar-refractivity contribution in [3.05, 3.63) is 35.9 Å². The fraction of sp³-hybridized carbons (Fsp3) is 0.333. The molecule has 0 bridgehead atoms. The zero-order valence-corrected chi connectivity index (χ0v) is 12.0. The van der Waals surface area contributed by atoms with Gasteiger partial charge in [-0.2, -0.15) is 8.42 Å². The second-order valence-electron chi connectivity index (χ2n) is 4.00. The van der Waals surface area contributed by atoms with Crippen LogP contribution in [0.3, 0.4) is 0 Å². The third-order valence-corrected chi connectivity index (χ3v) is 3.88.